The lowest BCUT2D eigenvalue weighted by Crippen LogP contribution is -2.21. The maximum Gasteiger partial charge on any atom is 0.303 e. The van der Waals surface area contributed by atoms with Crippen molar-refractivity contribution >= 4 is 11.9 Å². The molecule has 0 saturated heterocycles. The first kappa shape index (κ1) is 28.7. The molecule has 0 radical (unpaired) electrons. The average molecular weight is 451 g/mol. The van der Waals surface area contributed by atoms with E-state index >= 15 is 0 Å². The number of aliphatic carboxylic acids is 2. The van der Waals surface area contributed by atoms with Gasteiger partial charge in [-0.25, -0.2) is 0 Å². The fourth-order valence-electron chi connectivity index (χ4n) is 5.21. The molecule has 0 aromatic heterocycles. The molecule has 0 amide bonds. The smallest absolute Gasteiger partial charge is 0.303 e. The third-order valence-corrected chi connectivity index (χ3v) is 7.16. The summed E-state index contributed by atoms with van der Waals surface area (Å²) >= 11 is 0. The van der Waals surface area contributed by atoms with Gasteiger partial charge < -0.3 is 10.2 Å². The van der Waals surface area contributed by atoms with Gasteiger partial charge in [0.05, 0.1) is 0 Å². The van der Waals surface area contributed by atoms with Crippen LogP contribution in [0.1, 0.15) is 135 Å². The number of rotatable bonds is 21. The summed E-state index contributed by atoms with van der Waals surface area (Å²) in [5.41, 5.74) is 0. The number of hydrogen-bond acceptors (Lipinski definition) is 2. The Hall–Kier alpha value is -1.32. The summed E-state index contributed by atoms with van der Waals surface area (Å²) in [6.45, 7) is 2.27. The molecule has 0 aliphatic heterocycles. The molecule has 0 heterocycles. The van der Waals surface area contributed by atoms with Gasteiger partial charge in [0.15, 0.2) is 0 Å². The largest absolute Gasteiger partial charge is 0.481 e. The molecule has 32 heavy (non-hydrogen) atoms. The summed E-state index contributed by atoms with van der Waals surface area (Å²) in [6, 6.07) is 0. The topological polar surface area (TPSA) is 74.6 Å². The summed E-state index contributed by atoms with van der Waals surface area (Å²) in [5, 5.41) is 17.5. The molecule has 3 atom stereocenters. The molecule has 0 aromatic rings. The molecule has 0 bridgehead atoms. The highest BCUT2D eigenvalue weighted by Gasteiger charge is 2.25. The highest BCUT2D eigenvalue weighted by Crippen LogP contribution is 2.37. The van der Waals surface area contributed by atoms with Gasteiger partial charge in [0.25, 0.3) is 0 Å². The van der Waals surface area contributed by atoms with Crippen LogP contribution in [0, 0.1) is 17.8 Å². The lowest BCUT2D eigenvalue weighted by atomic mass is 9.73. The monoisotopic (exact) mass is 450 g/mol. The number of hydrogen-bond donors (Lipinski definition) is 2. The van der Waals surface area contributed by atoms with Gasteiger partial charge in [0.1, 0.15) is 0 Å². The standard InChI is InChI=1S/C28H50O4/c1-2-3-4-11-16-24-21-22-25(17-12-7-5-9-14-19-27(29)30)26(23-24)18-13-8-6-10-15-20-28(31)32/h21-22,24-26H,2-20,23H2,1H3,(H,29,30)(H,31,32). The van der Waals surface area contributed by atoms with E-state index in [0.29, 0.717) is 18.8 Å². The molecule has 186 valence electrons. The molecular formula is C28H50O4. The van der Waals surface area contributed by atoms with Crippen molar-refractivity contribution in [2.45, 2.75) is 135 Å². The number of allylic oxidation sites excluding steroid dienone is 2. The van der Waals surface area contributed by atoms with Crippen LogP contribution < -0.4 is 0 Å². The van der Waals surface area contributed by atoms with Crippen molar-refractivity contribution in [2.24, 2.45) is 17.8 Å². The minimum absolute atomic E-state index is 0.309. The van der Waals surface area contributed by atoms with Gasteiger partial charge in [-0.05, 0) is 56.3 Å². The second-order valence-electron chi connectivity index (χ2n) is 10.1. The molecule has 0 saturated carbocycles. The van der Waals surface area contributed by atoms with E-state index in [1.165, 1.54) is 77.0 Å². The van der Waals surface area contributed by atoms with Crippen molar-refractivity contribution < 1.29 is 19.8 Å². The minimum atomic E-state index is -0.675. The summed E-state index contributed by atoms with van der Waals surface area (Å²) in [5.74, 6) is 0.940. The molecule has 0 fully saturated rings. The Balaban J connectivity index is 2.34. The predicted octanol–water partition coefficient (Wildman–Crippen LogP) is 8.40. The molecule has 4 heteroatoms. The van der Waals surface area contributed by atoms with Crippen molar-refractivity contribution in [2.75, 3.05) is 0 Å². The lowest BCUT2D eigenvalue weighted by Gasteiger charge is -2.32. The highest BCUT2D eigenvalue weighted by atomic mass is 16.4. The van der Waals surface area contributed by atoms with Gasteiger partial charge in [-0.3, -0.25) is 9.59 Å². The zero-order valence-electron chi connectivity index (χ0n) is 20.7. The highest BCUT2D eigenvalue weighted by molar-refractivity contribution is 5.66. The van der Waals surface area contributed by atoms with Gasteiger partial charge in [-0.15, -0.1) is 0 Å². The molecule has 3 unspecified atom stereocenters. The fourth-order valence-corrected chi connectivity index (χ4v) is 5.21. The Morgan fingerprint density at radius 3 is 1.75 bits per heavy atom. The second kappa shape index (κ2) is 19.2. The lowest BCUT2D eigenvalue weighted by molar-refractivity contribution is -0.138. The van der Waals surface area contributed by atoms with E-state index in [2.05, 4.69) is 19.1 Å². The van der Waals surface area contributed by atoms with Crippen molar-refractivity contribution in [3.8, 4) is 0 Å². The number of unbranched alkanes of at least 4 members (excludes halogenated alkanes) is 11. The van der Waals surface area contributed by atoms with Crippen LogP contribution in [0.3, 0.4) is 0 Å². The number of carboxylic acid groups (broad SMARTS) is 2. The number of carbonyl (C=O) groups is 2. The molecule has 4 nitrogen and oxygen atoms in total. The third-order valence-electron chi connectivity index (χ3n) is 7.16. The van der Waals surface area contributed by atoms with Gasteiger partial charge in [0, 0.05) is 12.8 Å². The molecule has 0 spiro atoms. The first-order valence-corrected chi connectivity index (χ1v) is 13.6. The first-order valence-electron chi connectivity index (χ1n) is 13.6. The van der Waals surface area contributed by atoms with Crippen LogP contribution in [-0.2, 0) is 9.59 Å². The van der Waals surface area contributed by atoms with Crippen LogP contribution in [0.4, 0.5) is 0 Å². The van der Waals surface area contributed by atoms with Crippen LogP contribution in [0.25, 0.3) is 0 Å². The molecule has 1 aliphatic rings. The van der Waals surface area contributed by atoms with Crippen molar-refractivity contribution in [3.63, 3.8) is 0 Å². The number of carboxylic acids is 2. The van der Waals surface area contributed by atoms with E-state index in [1.54, 1.807) is 0 Å². The van der Waals surface area contributed by atoms with Gasteiger partial charge in [0.2, 0.25) is 0 Å². The molecule has 2 N–H and O–H groups in total. The zero-order valence-corrected chi connectivity index (χ0v) is 20.7. The molecule has 0 aromatic carbocycles. The van der Waals surface area contributed by atoms with Crippen molar-refractivity contribution in [3.05, 3.63) is 12.2 Å². The van der Waals surface area contributed by atoms with Crippen LogP contribution in [0.15, 0.2) is 12.2 Å². The average Bonchev–Trinajstić information content (AvgIpc) is 2.76. The Morgan fingerprint density at radius 2 is 1.16 bits per heavy atom. The van der Waals surface area contributed by atoms with E-state index in [-0.39, 0.29) is 0 Å². The van der Waals surface area contributed by atoms with E-state index in [4.69, 9.17) is 10.2 Å². The summed E-state index contributed by atoms with van der Waals surface area (Å²) in [4.78, 5) is 21.2. The Bertz CT molecular complexity index is 514. The van der Waals surface area contributed by atoms with Crippen molar-refractivity contribution in [1.29, 1.82) is 0 Å². The Morgan fingerprint density at radius 1 is 0.656 bits per heavy atom. The maximum absolute atomic E-state index is 10.6. The van der Waals surface area contributed by atoms with E-state index in [9.17, 15) is 9.59 Å². The van der Waals surface area contributed by atoms with Crippen LogP contribution in [0.2, 0.25) is 0 Å². The normalized spacial score (nSPS) is 20.5. The van der Waals surface area contributed by atoms with Gasteiger partial charge in [-0.1, -0.05) is 96.1 Å². The minimum Gasteiger partial charge on any atom is -0.481 e. The van der Waals surface area contributed by atoms with E-state index < -0.39 is 11.9 Å². The quantitative estimate of drug-likeness (QED) is 0.136. The van der Waals surface area contributed by atoms with Crippen LogP contribution in [0.5, 0.6) is 0 Å². The predicted molar refractivity (Wildman–Crippen MR) is 133 cm³/mol. The molecular weight excluding hydrogens is 400 g/mol. The maximum atomic E-state index is 10.6. The van der Waals surface area contributed by atoms with Gasteiger partial charge in [-0.2, -0.15) is 0 Å². The molecule has 1 rings (SSSR count). The SMILES string of the molecule is CCCCCCC1C=CC(CCCCCCCC(=O)O)C(CCCCCCCC(=O)O)C1. The molecule has 1 aliphatic carbocycles. The second-order valence-corrected chi connectivity index (χ2v) is 10.1. The van der Waals surface area contributed by atoms with Crippen LogP contribution >= 0.6 is 0 Å². The van der Waals surface area contributed by atoms with Crippen LogP contribution in [-0.4, -0.2) is 22.2 Å². The van der Waals surface area contributed by atoms with Crippen molar-refractivity contribution in [1.82, 2.24) is 0 Å². The summed E-state index contributed by atoms with van der Waals surface area (Å²) < 4.78 is 0. The van der Waals surface area contributed by atoms with E-state index in [1.807, 2.05) is 0 Å². The summed E-state index contributed by atoms with van der Waals surface area (Å²) in [6.07, 6.45) is 27.4. The fraction of sp³-hybridized carbons (Fsp3) is 0.857. The third kappa shape index (κ3) is 15.5. The Kier molecular flexibility index (Phi) is 17.2. The van der Waals surface area contributed by atoms with Gasteiger partial charge >= 0.3 is 11.9 Å². The first-order chi connectivity index (χ1) is 15.5. The Labute approximate surface area is 197 Å². The van der Waals surface area contributed by atoms with E-state index in [0.717, 1.165) is 50.4 Å². The zero-order chi connectivity index (χ0) is 23.4. The summed E-state index contributed by atoms with van der Waals surface area (Å²) in [7, 11) is 0.